The summed E-state index contributed by atoms with van der Waals surface area (Å²) in [7, 11) is 0. The van der Waals surface area contributed by atoms with E-state index < -0.39 is 0 Å². The minimum absolute atomic E-state index is 0.0999. The lowest BCUT2D eigenvalue weighted by Gasteiger charge is -2.11. The molecule has 0 atom stereocenters. The number of anilines is 1. The first-order valence-electron chi connectivity index (χ1n) is 7.74. The smallest absolute Gasteiger partial charge is 0.221 e. The van der Waals surface area contributed by atoms with Crippen LogP contribution in [0.1, 0.15) is 40.5 Å². The molecule has 0 aliphatic carbocycles. The molecule has 0 aromatic heterocycles. The summed E-state index contributed by atoms with van der Waals surface area (Å²) in [5.41, 5.74) is 1.00. The van der Waals surface area contributed by atoms with Gasteiger partial charge in [0.25, 0.3) is 0 Å². The fourth-order valence-corrected chi connectivity index (χ4v) is 1.83. The summed E-state index contributed by atoms with van der Waals surface area (Å²) in [6.07, 6.45) is 1.69. The molecule has 0 aliphatic heterocycles. The summed E-state index contributed by atoms with van der Waals surface area (Å²) in [6.45, 7) is 9.71. The molecule has 0 fully saturated rings. The fraction of sp³-hybridized carbons (Fsp3) is 0.588. The van der Waals surface area contributed by atoms with Crippen molar-refractivity contribution in [3.05, 3.63) is 24.3 Å². The summed E-state index contributed by atoms with van der Waals surface area (Å²) in [6, 6.07) is 7.80. The Balaban J connectivity index is 2.21. The maximum atomic E-state index is 11.6. The van der Waals surface area contributed by atoms with Crippen molar-refractivity contribution in [3.63, 3.8) is 0 Å². The van der Waals surface area contributed by atoms with Gasteiger partial charge in [0.05, 0.1) is 6.10 Å². The topological polar surface area (TPSA) is 50.4 Å². The lowest BCUT2D eigenvalue weighted by atomic mass is 10.1. The molecule has 2 N–H and O–H groups in total. The first-order chi connectivity index (χ1) is 9.97. The molecule has 21 heavy (non-hydrogen) atoms. The number of ether oxygens (including phenoxy) is 1. The molecule has 0 unspecified atom stereocenters. The average molecular weight is 292 g/mol. The van der Waals surface area contributed by atoms with E-state index >= 15 is 0 Å². The van der Waals surface area contributed by atoms with E-state index in [1.807, 2.05) is 38.1 Å². The van der Waals surface area contributed by atoms with Crippen molar-refractivity contribution < 1.29 is 9.53 Å². The van der Waals surface area contributed by atoms with Crippen molar-refractivity contribution in [2.24, 2.45) is 5.92 Å². The molecule has 0 aliphatic rings. The maximum Gasteiger partial charge on any atom is 0.221 e. The van der Waals surface area contributed by atoms with Crippen LogP contribution >= 0.6 is 0 Å². The first kappa shape index (κ1) is 17.3. The van der Waals surface area contributed by atoms with Crippen molar-refractivity contribution in [1.82, 2.24) is 5.32 Å². The number of hydrogen-bond donors (Lipinski definition) is 2. The van der Waals surface area contributed by atoms with Crippen LogP contribution in [0.5, 0.6) is 5.75 Å². The summed E-state index contributed by atoms with van der Waals surface area (Å²) in [5.74, 6) is 1.58. The van der Waals surface area contributed by atoms with Crippen LogP contribution in [0.3, 0.4) is 0 Å². The van der Waals surface area contributed by atoms with Gasteiger partial charge in [0, 0.05) is 25.2 Å². The first-order valence-corrected chi connectivity index (χ1v) is 7.74. The van der Waals surface area contributed by atoms with Crippen LogP contribution in [0.2, 0.25) is 0 Å². The highest BCUT2D eigenvalue weighted by molar-refractivity contribution is 5.76. The molecular formula is C17H28N2O2. The quantitative estimate of drug-likeness (QED) is 0.733. The van der Waals surface area contributed by atoms with E-state index in [1.165, 1.54) is 0 Å². The van der Waals surface area contributed by atoms with Crippen LogP contribution in [0.4, 0.5) is 5.69 Å². The largest absolute Gasteiger partial charge is 0.491 e. The number of amides is 1. The van der Waals surface area contributed by atoms with Crippen molar-refractivity contribution in [2.75, 3.05) is 18.4 Å². The second kappa shape index (κ2) is 9.27. The summed E-state index contributed by atoms with van der Waals surface area (Å²) in [4.78, 5) is 11.6. The third-order valence-electron chi connectivity index (χ3n) is 2.95. The molecule has 0 saturated heterocycles. The van der Waals surface area contributed by atoms with E-state index in [4.69, 9.17) is 4.74 Å². The highest BCUT2D eigenvalue weighted by Gasteiger charge is 2.02. The van der Waals surface area contributed by atoms with Gasteiger partial charge in [-0.15, -0.1) is 0 Å². The molecule has 1 aromatic rings. The lowest BCUT2D eigenvalue weighted by molar-refractivity contribution is -0.120. The normalized spacial score (nSPS) is 10.8. The molecule has 1 rings (SSSR count). The van der Waals surface area contributed by atoms with Crippen molar-refractivity contribution in [3.8, 4) is 5.75 Å². The van der Waals surface area contributed by atoms with E-state index in [2.05, 4.69) is 24.5 Å². The Morgan fingerprint density at radius 3 is 2.33 bits per heavy atom. The van der Waals surface area contributed by atoms with Crippen LogP contribution in [0.25, 0.3) is 0 Å². The number of hydrogen-bond acceptors (Lipinski definition) is 3. The molecular weight excluding hydrogens is 264 g/mol. The van der Waals surface area contributed by atoms with Crippen LogP contribution < -0.4 is 15.4 Å². The second-order valence-corrected chi connectivity index (χ2v) is 5.90. The van der Waals surface area contributed by atoms with Crippen molar-refractivity contribution >= 4 is 11.6 Å². The van der Waals surface area contributed by atoms with E-state index in [0.717, 1.165) is 24.4 Å². The number of rotatable bonds is 9. The molecule has 4 nitrogen and oxygen atoms in total. The molecule has 4 heteroatoms. The predicted octanol–water partition coefficient (Wildman–Crippen LogP) is 3.44. The lowest BCUT2D eigenvalue weighted by Crippen LogP contribution is -2.27. The Bertz CT molecular complexity index is 413. The molecule has 0 heterocycles. The van der Waals surface area contributed by atoms with Crippen LogP contribution in [-0.2, 0) is 4.79 Å². The summed E-state index contributed by atoms with van der Waals surface area (Å²) < 4.78 is 5.58. The van der Waals surface area contributed by atoms with Gasteiger partial charge in [0.1, 0.15) is 5.75 Å². The van der Waals surface area contributed by atoms with Gasteiger partial charge in [-0.2, -0.15) is 0 Å². The third kappa shape index (κ3) is 8.23. The Morgan fingerprint density at radius 1 is 1.10 bits per heavy atom. The Kier molecular flexibility index (Phi) is 7.65. The van der Waals surface area contributed by atoms with Crippen LogP contribution in [0, 0.1) is 5.92 Å². The van der Waals surface area contributed by atoms with Crippen molar-refractivity contribution in [1.29, 1.82) is 0 Å². The third-order valence-corrected chi connectivity index (χ3v) is 2.95. The maximum absolute atomic E-state index is 11.6. The predicted molar refractivity (Wildman–Crippen MR) is 87.8 cm³/mol. The van der Waals surface area contributed by atoms with E-state index in [9.17, 15) is 4.79 Å². The van der Waals surface area contributed by atoms with Gasteiger partial charge in [-0.3, -0.25) is 4.79 Å². The number of carbonyl (C=O) groups excluding carboxylic acids is 1. The van der Waals surface area contributed by atoms with Gasteiger partial charge in [0.15, 0.2) is 0 Å². The van der Waals surface area contributed by atoms with Crippen molar-refractivity contribution in [2.45, 2.75) is 46.6 Å². The number of nitrogens with one attached hydrogen (secondary N) is 2. The minimum atomic E-state index is 0.0999. The number of carbonyl (C=O) groups is 1. The minimum Gasteiger partial charge on any atom is -0.491 e. The zero-order valence-corrected chi connectivity index (χ0v) is 13.6. The fourth-order valence-electron chi connectivity index (χ4n) is 1.83. The zero-order chi connectivity index (χ0) is 15.7. The van der Waals surface area contributed by atoms with Gasteiger partial charge in [-0.25, -0.2) is 0 Å². The highest BCUT2D eigenvalue weighted by atomic mass is 16.5. The molecule has 0 saturated carbocycles. The zero-order valence-electron chi connectivity index (χ0n) is 13.6. The van der Waals surface area contributed by atoms with Crippen LogP contribution in [0.15, 0.2) is 24.3 Å². The Morgan fingerprint density at radius 2 is 1.76 bits per heavy atom. The van der Waals surface area contributed by atoms with Gasteiger partial charge in [-0.1, -0.05) is 13.8 Å². The number of benzene rings is 1. The molecule has 1 amide bonds. The monoisotopic (exact) mass is 292 g/mol. The molecule has 0 spiro atoms. The summed E-state index contributed by atoms with van der Waals surface area (Å²) in [5, 5.41) is 6.17. The standard InChI is InChI=1S/C17H28N2O2/c1-13(2)9-11-19-17(20)10-12-18-15-5-7-16(8-6-15)21-14(3)4/h5-8,13-14,18H,9-12H2,1-4H3,(H,19,20). The average Bonchev–Trinajstić information content (AvgIpc) is 2.39. The SMILES string of the molecule is CC(C)CCNC(=O)CCNc1ccc(OC(C)C)cc1. The Labute approximate surface area is 128 Å². The van der Waals surface area contributed by atoms with E-state index in [0.29, 0.717) is 18.9 Å². The van der Waals surface area contributed by atoms with Gasteiger partial charge >= 0.3 is 0 Å². The van der Waals surface area contributed by atoms with Gasteiger partial charge in [-0.05, 0) is 50.5 Å². The van der Waals surface area contributed by atoms with Crippen LogP contribution in [-0.4, -0.2) is 25.1 Å². The van der Waals surface area contributed by atoms with Gasteiger partial charge < -0.3 is 15.4 Å². The molecule has 118 valence electrons. The molecule has 0 bridgehead atoms. The van der Waals surface area contributed by atoms with E-state index in [1.54, 1.807) is 0 Å². The van der Waals surface area contributed by atoms with Gasteiger partial charge in [0.2, 0.25) is 5.91 Å². The van der Waals surface area contributed by atoms with E-state index in [-0.39, 0.29) is 12.0 Å². The second-order valence-electron chi connectivity index (χ2n) is 5.90. The summed E-state index contributed by atoms with van der Waals surface area (Å²) >= 11 is 0. The Hall–Kier alpha value is -1.71. The molecule has 0 radical (unpaired) electrons. The molecule has 1 aromatic carbocycles. The highest BCUT2D eigenvalue weighted by Crippen LogP contribution is 2.16.